The molecule has 9 nitrogen and oxygen atoms in total. The molecule has 1 amide bonds. The Labute approximate surface area is 226 Å². The number of hydrogen-bond donors (Lipinski definition) is 2. The van der Waals surface area contributed by atoms with Crippen molar-refractivity contribution in [3.05, 3.63) is 64.5 Å². The Hall–Kier alpha value is -3.08. The predicted octanol–water partition coefficient (Wildman–Crippen LogP) is 4.62. The van der Waals surface area contributed by atoms with Gasteiger partial charge in [0.05, 0.1) is 10.7 Å². The lowest BCUT2D eigenvalue weighted by atomic mass is 10.2. The second-order valence-electron chi connectivity index (χ2n) is 8.86. The van der Waals surface area contributed by atoms with Gasteiger partial charge < -0.3 is 20.3 Å². The quantitative estimate of drug-likeness (QED) is 0.387. The first-order valence-corrected chi connectivity index (χ1v) is 14.3. The van der Waals surface area contributed by atoms with E-state index in [4.69, 9.17) is 27.9 Å². The van der Waals surface area contributed by atoms with Gasteiger partial charge in [0.25, 0.3) is 0 Å². The standard InChI is InChI=1S/C25H27Cl2N5O4S/c1-15-11-21-23(32(15)10-9-28-25(33)16(2)37(3,34)35)24(30-14-29-21)31-18-7-8-22(20(27)13-18)36-19-6-4-5-17(26)12-19/h4-8,12-16H,9-11H2,1-3H3,(H,28,33)(H,29,30,31). The fourth-order valence-corrected chi connectivity index (χ4v) is 4.87. The van der Waals surface area contributed by atoms with Crippen LogP contribution < -0.4 is 20.3 Å². The van der Waals surface area contributed by atoms with Crippen molar-refractivity contribution in [2.24, 2.45) is 0 Å². The maximum absolute atomic E-state index is 12.2. The molecule has 0 bridgehead atoms. The van der Waals surface area contributed by atoms with Crippen LogP contribution in [0.2, 0.25) is 10.0 Å². The fraction of sp³-hybridized carbons (Fsp3) is 0.320. The number of nitrogens with one attached hydrogen (secondary N) is 2. The van der Waals surface area contributed by atoms with Crippen molar-refractivity contribution in [2.75, 3.05) is 29.6 Å². The first kappa shape index (κ1) is 27.0. The van der Waals surface area contributed by atoms with E-state index in [1.54, 1.807) is 36.4 Å². The number of hydrogen-bond acceptors (Lipinski definition) is 8. The summed E-state index contributed by atoms with van der Waals surface area (Å²) in [4.78, 5) is 23.2. The molecule has 2 unspecified atom stereocenters. The van der Waals surface area contributed by atoms with E-state index >= 15 is 0 Å². The number of carbonyl (C=O) groups is 1. The molecule has 1 aliphatic rings. The minimum absolute atomic E-state index is 0.119. The molecular formula is C25H27Cl2N5O4S. The summed E-state index contributed by atoms with van der Waals surface area (Å²) in [5.74, 6) is 1.14. The number of amides is 1. The van der Waals surface area contributed by atoms with E-state index in [0.717, 1.165) is 17.6 Å². The molecule has 2 heterocycles. The van der Waals surface area contributed by atoms with Gasteiger partial charge in [0.2, 0.25) is 5.91 Å². The van der Waals surface area contributed by atoms with Crippen LogP contribution in [0.1, 0.15) is 19.5 Å². The Morgan fingerprint density at radius 2 is 2.00 bits per heavy atom. The highest BCUT2D eigenvalue weighted by molar-refractivity contribution is 7.92. The summed E-state index contributed by atoms with van der Waals surface area (Å²) >= 11 is 12.5. The second-order valence-corrected chi connectivity index (χ2v) is 12.1. The molecule has 0 fully saturated rings. The largest absolute Gasteiger partial charge is 0.456 e. The molecule has 0 spiro atoms. The summed E-state index contributed by atoms with van der Waals surface area (Å²) in [5, 5.41) is 5.89. The van der Waals surface area contributed by atoms with Crippen molar-refractivity contribution in [1.82, 2.24) is 15.3 Å². The summed E-state index contributed by atoms with van der Waals surface area (Å²) in [7, 11) is -3.46. The lowest BCUT2D eigenvalue weighted by Gasteiger charge is -2.26. The molecular weight excluding hydrogens is 537 g/mol. The van der Waals surface area contributed by atoms with Crippen LogP contribution in [0, 0.1) is 0 Å². The van der Waals surface area contributed by atoms with Crippen molar-refractivity contribution in [3.63, 3.8) is 0 Å². The van der Waals surface area contributed by atoms with Crippen molar-refractivity contribution < 1.29 is 17.9 Å². The Morgan fingerprint density at radius 1 is 1.22 bits per heavy atom. The third-order valence-corrected chi connectivity index (χ3v) is 8.12. The molecule has 0 saturated heterocycles. The molecule has 12 heteroatoms. The van der Waals surface area contributed by atoms with Gasteiger partial charge in [0, 0.05) is 42.5 Å². The van der Waals surface area contributed by atoms with Crippen LogP contribution in [-0.2, 0) is 21.1 Å². The fourth-order valence-electron chi connectivity index (χ4n) is 3.99. The molecule has 1 aliphatic heterocycles. The van der Waals surface area contributed by atoms with E-state index in [9.17, 15) is 13.2 Å². The zero-order valence-corrected chi connectivity index (χ0v) is 22.9. The highest BCUT2D eigenvalue weighted by Gasteiger charge is 2.31. The van der Waals surface area contributed by atoms with Crippen LogP contribution in [0.4, 0.5) is 17.2 Å². The summed E-state index contributed by atoms with van der Waals surface area (Å²) < 4.78 is 29.2. The van der Waals surface area contributed by atoms with E-state index in [1.807, 2.05) is 6.07 Å². The number of fused-ring (bicyclic) bond motifs is 1. The highest BCUT2D eigenvalue weighted by Crippen LogP contribution is 2.38. The molecule has 2 atom stereocenters. The molecule has 37 heavy (non-hydrogen) atoms. The third-order valence-electron chi connectivity index (χ3n) is 6.09. The number of aromatic nitrogens is 2. The Balaban J connectivity index is 1.47. The molecule has 0 radical (unpaired) electrons. The molecule has 4 rings (SSSR count). The van der Waals surface area contributed by atoms with Crippen molar-refractivity contribution >= 4 is 56.1 Å². The number of anilines is 3. The van der Waals surface area contributed by atoms with Crippen LogP contribution in [0.25, 0.3) is 0 Å². The number of sulfone groups is 1. The van der Waals surface area contributed by atoms with Crippen LogP contribution in [-0.4, -0.2) is 54.9 Å². The number of nitrogens with zero attached hydrogens (tertiary/aromatic N) is 3. The van der Waals surface area contributed by atoms with Gasteiger partial charge >= 0.3 is 0 Å². The minimum Gasteiger partial charge on any atom is -0.456 e. The van der Waals surface area contributed by atoms with E-state index in [1.165, 1.54) is 13.3 Å². The normalized spacial score (nSPS) is 15.7. The van der Waals surface area contributed by atoms with Gasteiger partial charge in [0.1, 0.15) is 28.8 Å². The summed E-state index contributed by atoms with van der Waals surface area (Å²) in [5.41, 5.74) is 2.42. The first-order chi connectivity index (χ1) is 17.5. The number of benzene rings is 2. The molecule has 0 aliphatic carbocycles. The van der Waals surface area contributed by atoms with Gasteiger partial charge in [-0.25, -0.2) is 18.4 Å². The number of rotatable bonds is 9. The van der Waals surface area contributed by atoms with Gasteiger partial charge in [-0.1, -0.05) is 29.3 Å². The molecule has 196 valence electrons. The van der Waals surface area contributed by atoms with E-state index < -0.39 is 21.0 Å². The van der Waals surface area contributed by atoms with Crippen LogP contribution >= 0.6 is 23.2 Å². The summed E-state index contributed by atoms with van der Waals surface area (Å²) in [6.45, 7) is 4.18. The smallest absolute Gasteiger partial charge is 0.238 e. The first-order valence-electron chi connectivity index (χ1n) is 11.6. The van der Waals surface area contributed by atoms with E-state index in [0.29, 0.717) is 46.0 Å². The Morgan fingerprint density at radius 3 is 2.70 bits per heavy atom. The topological polar surface area (TPSA) is 114 Å². The number of halogens is 2. The molecule has 1 aromatic heterocycles. The van der Waals surface area contributed by atoms with Gasteiger partial charge in [-0.15, -0.1) is 0 Å². The molecule has 0 saturated carbocycles. The summed E-state index contributed by atoms with van der Waals surface area (Å²) in [6.07, 6.45) is 3.27. The van der Waals surface area contributed by atoms with Crippen LogP contribution in [0.5, 0.6) is 11.5 Å². The SMILES string of the molecule is CC1Cc2ncnc(Nc3ccc(Oc4cccc(Cl)c4)c(Cl)c3)c2N1CCNC(=O)C(C)S(C)(=O)=O. The highest BCUT2D eigenvalue weighted by atomic mass is 35.5. The Kier molecular flexibility index (Phi) is 8.11. The van der Waals surface area contributed by atoms with Gasteiger partial charge in [-0.2, -0.15) is 0 Å². The second kappa shape index (κ2) is 11.1. The zero-order valence-electron chi connectivity index (χ0n) is 20.5. The Bertz CT molecular complexity index is 1420. The van der Waals surface area contributed by atoms with Crippen LogP contribution in [0.15, 0.2) is 48.8 Å². The van der Waals surface area contributed by atoms with Crippen molar-refractivity contribution in [3.8, 4) is 11.5 Å². The lowest BCUT2D eigenvalue weighted by Crippen LogP contribution is -2.42. The monoisotopic (exact) mass is 563 g/mol. The summed E-state index contributed by atoms with van der Waals surface area (Å²) in [6, 6.07) is 12.5. The van der Waals surface area contributed by atoms with Crippen molar-refractivity contribution in [2.45, 2.75) is 31.6 Å². The van der Waals surface area contributed by atoms with E-state index in [2.05, 4.69) is 32.4 Å². The average molecular weight is 564 g/mol. The minimum atomic E-state index is -3.46. The zero-order chi connectivity index (χ0) is 26.7. The maximum Gasteiger partial charge on any atom is 0.238 e. The molecule has 3 aromatic rings. The van der Waals surface area contributed by atoms with Crippen molar-refractivity contribution in [1.29, 1.82) is 0 Å². The number of ether oxygens (including phenoxy) is 1. The lowest BCUT2D eigenvalue weighted by molar-refractivity contribution is -0.120. The molecule has 2 aromatic carbocycles. The maximum atomic E-state index is 12.2. The number of carbonyl (C=O) groups excluding carboxylic acids is 1. The van der Waals surface area contributed by atoms with Crippen LogP contribution in [0.3, 0.4) is 0 Å². The van der Waals surface area contributed by atoms with E-state index in [-0.39, 0.29) is 12.6 Å². The predicted molar refractivity (Wildman–Crippen MR) is 146 cm³/mol. The third kappa shape index (κ3) is 6.44. The van der Waals surface area contributed by atoms with Gasteiger partial charge in [-0.05, 0) is 50.2 Å². The van der Waals surface area contributed by atoms with Gasteiger partial charge in [0.15, 0.2) is 15.7 Å². The average Bonchev–Trinajstić information content (AvgIpc) is 3.15. The van der Waals surface area contributed by atoms with Gasteiger partial charge in [-0.3, -0.25) is 4.79 Å². The molecule has 2 N–H and O–H groups in total.